The summed E-state index contributed by atoms with van der Waals surface area (Å²) in [6, 6.07) is 9.72. The molecule has 3 nitrogen and oxygen atoms in total. The monoisotopic (exact) mass is 288 g/mol. The van der Waals surface area contributed by atoms with Crippen LogP contribution in [0.15, 0.2) is 30.3 Å². The van der Waals surface area contributed by atoms with Gasteiger partial charge in [-0.1, -0.05) is 37.6 Å². The van der Waals surface area contributed by atoms with Crippen LogP contribution in [0.4, 0.5) is 0 Å². The number of aromatic nitrogens is 2. The van der Waals surface area contributed by atoms with Crippen molar-refractivity contribution in [2.75, 3.05) is 0 Å². The predicted octanol–water partition coefficient (Wildman–Crippen LogP) is 4.92. The number of ether oxygens (including phenoxy) is 1. The average Bonchev–Trinajstić information content (AvgIpc) is 3.22. The minimum atomic E-state index is 0.442. The van der Waals surface area contributed by atoms with E-state index in [2.05, 4.69) is 29.9 Å². The van der Waals surface area contributed by atoms with Crippen molar-refractivity contribution in [2.45, 2.75) is 38.5 Å². The average molecular weight is 289 g/mol. The van der Waals surface area contributed by atoms with Crippen LogP contribution in [0.2, 0.25) is 5.15 Å². The lowest BCUT2D eigenvalue weighted by atomic mass is 10.0. The molecule has 4 heteroatoms. The fraction of sp³-hybridized carbons (Fsp3) is 0.375. The van der Waals surface area contributed by atoms with Crippen LogP contribution in [0.5, 0.6) is 11.6 Å². The Balaban J connectivity index is 1.85. The van der Waals surface area contributed by atoms with Crippen molar-refractivity contribution < 1.29 is 4.74 Å². The summed E-state index contributed by atoms with van der Waals surface area (Å²) in [6.07, 6.45) is 2.28. The van der Waals surface area contributed by atoms with Crippen molar-refractivity contribution in [2.24, 2.45) is 0 Å². The Kier molecular flexibility index (Phi) is 3.62. The Labute approximate surface area is 124 Å². The van der Waals surface area contributed by atoms with Gasteiger partial charge in [-0.05, 0) is 36.5 Å². The van der Waals surface area contributed by atoms with E-state index in [0.717, 1.165) is 24.4 Å². The molecule has 3 rings (SSSR count). The highest BCUT2D eigenvalue weighted by Crippen LogP contribution is 2.39. The number of halogens is 1. The summed E-state index contributed by atoms with van der Waals surface area (Å²) in [7, 11) is 0. The fourth-order valence-electron chi connectivity index (χ4n) is 2.05. The van der Waals surface area contributed by atoms with Gasteiger partial charge in [0.05, 0.1) is 0 Å². The zero-order valence-corrected chi connectivity index (χ0v) is 12.4. The van der Waals surface area contributed by atoms with Crippen molar-refractivity contribution in [3.8, 4) is 11.6 Å². The van der Waals surface area contributed by atoms with E-state index < -0.39 is 0 Å². The fourth-order valence-corrected chi connectivity index (χ4v) is 2.23. The van der Waals surface area contributed by atoms with Crippen molar-refractivity contribution in [1.29, 1.82) is 0 Å². The van der Waals surface area contributed by atoms with Gasteiger partial charge in [0.1, 0.15) is 16.7 Å². The second kappa shape index (κ2) is 5.41. The summed E-state index contributed by atoms with van der Waals surface area (Å²) in [4.78, 5) is 8.71. The van der Waals surface area contributed by atoms with E-state index in [1.165, 1.54) is 5.56 Å². The first-order valence-electron chi connectivity index (χ1n) is 6.94. The summed E-state index contributed by atoms with van der Waals surface area (Å²) >= 11 is 6.04. The molecule has 104 valence electrons. The third-order valence-electron chi connectivity index (χ3n) is 3.38. The van der Waals surface area contributed by atoms with Crippen LogP contribution in [-0.2, 0) is 0 Å². The van der Waals surface area contributed by atoms with E-state index in [1.807, 2.05) is 18.2 Å². The molecule has 0 saturated heterocycles. The van der Waals surface area contributed by atoms with Crippen LogP contribution in [0.3, 0.4) is 0 Å². The van der Waals surface area contributed by atoms with Gasteiger partial charge in [0.15, 0.2) is 0 Å². The molecule has 0 bridgehead atoms. The molecule has 1 fully saturated rings. The minimum absolute atomic E-state index is 0.442. The molecular weight excluding hydrogens is 272 g/mol. The number of rotatable bonds is 4. The van der Waals surface area contributed by atoms with Crippen LogP contribution in [0, 0.1) is 0 Å². The van der Waals surface area contributed by atoms with Gasteiger partial charge in [-0.15, -0.1) is 0 Å². The summed E-state index contributed by atoms with van der Waals surface area (Å²) in [6.45, 7) is 4.32. The van der Waals surface area contributed by atoms with Gasteiger partial charge < -0.3 is 4.74 Å². The van der Waals surface area contributed by atoms with Gasteiger partial charge >= 0.3 is 0 Å². The summed E-state index contributed by atoms with van der Waals surface area (Å²) in [5.41, 5.74) is 1.24. The third kappa shape index (κ3) is 3.10. The summed E-state index contributed by atoms with van der Waals surface area (Å²) in [5, 5.41) is 0.442. The largest absolute Gasteiger partial charge is 0.439 e. The molecule has 1 aliphatic carbocycles. The molecule has 1 aromatic heterocycles. The normalized spacial score (nSPS) is 14.6. The standard InChI is InChI=1S/C16H17ClN2O/c1-10(2)12-4-3-5-13(8-12)20-15-9-14(17)18-16(19-15)11-6-7-11/h3-5,8-11H,6-7H2,1-2H3. The predicted molar refractivity (Wildman–Crippen MR) is 79.6 cm³/mol. The van der Waals surface area contributed by atoms with Gasteiger partial charge in [0, 0.05) is 12.0 Å². The van der Waals surface area contributed by atoms with E-state index in [0.29, 0.717) is 22.9 Å². The van der Waals surface area contributed by atoms with Crippen molar-refractivity contribution >= 4 is 11.6 Å². The smallest absolute Gasteiger partial charge is 0.224 e. The first-order chi connectivity index (χ1) is 9.61. The zero-order valence-electron chi connectivity index (χ0n) is 11.6. The maximum Gasteiger partial charge on any atom is 0.224 e. The van der Waals surface area contributed by atoms with Gasteiger partial charge in [0.2, 0.25) is 5.88 Å². The molecule has 0 aliphatic heterocycles. The lowest BCUT2D eigenvalue weighted by molar-refractivity contribution is 0.457. The van der Waals surface area contributed by atoms with Gasteiger partial charge in [-0.25, -0.2) is 4.98 Å². The molecular formula is C16H17ClN2O. The highest BCUT2D eigenvalue weighted by molar-refractivity contribution is 6.29. The summed E-state index contributed by atoms with van der Waals surface area (Å²) < 4.78 is 5.83. The topological polar surface area (TPSA) is 35.0 Å². The maximum absolute atomic E-state index is 6.04. The number of benzene rings is 1. The lowest BCUT2D eigenvalue weighted by Gasteiger charge is -2.10. The van der Waals surface area contributed by atoms with Crippen molar-refractivity contribution in [3.05, 3.63) is 46.9 Å². The molecule has 0 unspecified atom stereocenters. The molecule has 0 amide bonds. The van der Waals surface area contributed by atoms with E-state index in [1.54, 1.807) is 6.07 Å². The molecule has 20 heavy (non-hydrogen) atoms. The highest BCUT2D eigenvalue weighted by atomic mass is 35.5. The van der Waals surface area contributed by atoms with E-state index >= 15 is 0 Å². The summed E-state index contributed by atoms with van der Waals surface area (Å²) in [5.74, 6) is 3.03. The Hall–Kier alpha value is -1.61. The number of hydrogen-bond acceptors (Lipinski definition) is 3. The quantitative estimate of drug-likeness (QED) is 0.749. The lowest BCUT2D eigenvalue weighted by Crippen LogP contribution is -1.97. The van der Waals surface area contributed by atoms with Gasteiger partial charge in [-0.3, -0.25) is 0 Å². The maximum atomic E-state index is 6.04. The van der Waals surface area contributed by atoms with Crippen LogP contribution in [0.1, 0.15) is 49.9 Å². The second-order valence-corrected chi connectivity index (χ2v) is 5.88. The second-order valence-electron chi connectivity index (χ2n) is 5.49. The van der Waals surface area contributed by atoms with Crippen molar-refractivity contribution in [3.63, 3.8) is 0 Å². The first-order valence-corrected chi connectivity index (χ1v) is 7.32. The molecule has 0 radical (unpaired) electrons. The SMILES string of the molecule is CC(C)c1cccc(Oc2cc(Cl)nc(C3CC3)n2)c1. The van der Waals surface area contributed by atoms with Crippen LogP contribution >= 0.6 is 11.6 Å². The Bertz CT molecular complexity index is 624. The molecule has 2 aromatic rings. The van der Waals surface area contributed by atoms with E-state index in [9.17, 15) is 0 Å². The van der Waals surface area contributed by atoms with E-state index in [-0.39, 0.29) is 0 Å². The molecule has 1 saturated carbocycles. The molecule has 0 atom stereocenters. The van der Waals surface area contributed by atoms with Crippen LogP contribution in [-0.4, -0.2) is 9.97 Å². The number of hydrogen-bond donors (Lipinski definition) is 0. The van der Waals surface area contributed by atoms with Crippen molar-refractivity contribution in [1.82, 2.24) is 9.97 Å². The Morgan fingerprint density at radius 3 is 2.70 bits per heavy atom. The Morgan fingerprint density at radius 2 is 2.00 bits per heavy atom. The third-order valence-corrected chi connectivity index (χ3v) is 3.57. The van der Waals surface area contributed by atoms with Crippen LogP contribution < -0.4 is 4.74 Å². The van der Waals surface area contributed by atoms with Gasteiger partial charge in [0.25, 0.3) is 0 Å². The molecule has 1 aliphatic rings. The molecule has 0 spiro atoms. The molecule has 1 heterocycles. The highest BCUT2D eigenvalue weighted by Gasteiger charge is 2.27. The first kappa shape index (κ1) is 13.4. The van der Waals surface area contributed by atoms with E-state index in [4.69, 9.17) is 16.3 Å². The molecule has 0 N–H and O–H groups in total. The Morgan fingerprint density at radius 1 is 1.20 bits per heavy atom. The van der Waals surface area contributed by atoms with Gasteiger partial charge in [-0.2, -0.15) is 4.98 Å². The molecule has 1 aromatic carbocycles. The zero-order chi connectivity index (χ0) is 14.1. The van der Waals surface area contributed by atoms with Crippen LogP contribution in [0.25, 0.3) is 0 Å². The minimum Gasteiger partial charge on any atom is -0.439 e. The number of nitrogens with zero attached hydrogens (tertiary/aromatic N) is 2.